The number of para-hydroxylation sites is 1. The highest BCUT2D eigenvalue weighted by molar-refractivity contribution is 5.95. The third-order valence-corrected chi connectivity index (χ3v) is 7.32. The molecule has 6 rings (SSSR count). The lowest BCUT2D eigenvalue weighted by molar-refractivity contribution is -0.385. The number of hydrogen-bond donors (Lipinski definition) is 3. The molecular weight excluding hydrogens is 542 g/mol. The summed E-state index contributed by atoms with van der Waals surface area (Å²) in [5.74, 6) is -0.784. The molecule has 0 unspecified atom stereocenters. The summed E-state index contributed by atoms with van der Waals surface area (Å²) in [6.07, 6.45) is 5.07. The predicted molar refractivity (Wildman–Crippen MR) is 162 cm³/mol. The first-order chi connectivity index (χ1) is 21.0. The topological polar surface area (TPSA) is 164 Å². The predicted octanol–water partition coefficient (Wildman–Crippen LogP) is 6.24. The number of benzene rings is 4. The summed E-state index contributed by atoms with van der Waals surface area (Å²) in [6, 6.07) is 28.5. The maximum atomic E-state index is 12.9. The maximum Gasteiger partial charge on any atom is 0.278 e. The van der Waals surface area contributed by atoms with Crippen LogP contribution < -0.4 is 5.43 Å². The summed E-state index contributed by atoms with van der Waals surface area (Å²) < 4.78 is 0. The number of fused-ring (bicyclic) bond motifs is 2. The van der Waals surface area contributed by atoms with Crippen molar-refractivity contribution >= 4 is 39.6 Å². The Labute approximate surface area is 244 Å². The van der Waals surface area contributed by atoms with Crippen molar-refractivity contribution < 1.29 is 9.72 Å². The van der Waals surface area contributed by atoms with Gasteiger partial charge >= 0.3 is 0 Å². The van der Waals surface area contributed by atoms with Gasteiger partial charge in [-0.3, -0.25) is 14.9 Å². The van der Waals surface area contributed by atoms with Crippen molar-refractivity contribution in [2.45, 2.75) is 5.92 Å². The highest BCUT2D eigenvalue weighted by Crippen LogP contribution is 2.40. The van der Waals surface area contributed by atoms with Gasteiger partial charge in [-0.15, -0.1) is 0 Å². The minimum absolute atomic E-state index is 0.116. The van der Waals surface area contributed by atoms with Crippen molar-refractivity contribution in [1.82, 2.24) is 15.4 Å². The largest absolute Gasteiger partial charge is 0.361 e. The lowest BCUT2D eigenvalue weighted by Crippen LogP contribution is -2.17. The molecule has 3 N–H and O–H groups in total. The number of hydrazone groups is 1. The summed E-state index contributed by atoms with van der Waals surface area (Å²) in [5.41, 5.74) is 8.49. The molecule has 0 spiro atoms. The van der Waals surface area contributed by atoms with E-state index in [2.05, 4.69) is 32.6 Å². The summed E-state index contributed by atoms with van der Waals surface area (Å²) in [5, 5.41) is 36.0. The molecule has 0 atom stereocenters. The molecule has 0 aliphatic rings. The molecule has 206 valence electrons. The Hall–Kier alpha value is -6.52. The number of carbonyl (C=O) groups excluding carboxylic acids is 1. The molecule has 4 aromatic carbocycles. The van der Waals surface area contributed by atoms with Gasteiger partial charge in [0.05, 0.1) is 40.0 Å². The Balaban J connectivity index is 1.37. The molecule has 0 aliphatic carbocycles. The lowest BCUT2D eigenvalue weighted by Gasteiger charge is -2.18. The van der Waals surface area contributed by atoms with E-state index in [9.17, 15) is 25.4 Å². The first kappa shape index (κ1) is 26.7. The summed E-state index contributed by atoms with van der Waals surface area (Å²) in [6.45, 7) is 0. The lowest BCUT2D eigenvalue weighted by atomic mass is 9.84. The van der Waals surface area contributed by atoms with Crippen LogP contribution in [0, 0.1) is 32.8 Å². The zero-order chi connectivity index (χ0) is 29.9. The quantitative estimate of drug-likeness (QED) is 0.119. The molecule has 0 radical (unpaired) electrons. The SMILES string of the molecule is N#Cc1ccc2[nH]cc(C(c3ccc(C(=O)N/N=C/c4ccccc4[N+](=O)[O-])cc3)c3c[nH]c4ccc(C#N)cc34)c2c1. The van der Waals surface area contributed by atoms with Gasteiger partial charge in [0.1, 0.15) is 0 Å². The van der Waals surface area contributed by atoms with E-state index < -0.39 is 10.8 Å². The van der Waals surface area contributed by atoms with Crippen LogP contribution >= 0.6 is 0 Å². The van der Waals surface area contributed by atoms with Gasteiger partial charge in [0.25, 0.3) is 11.6 Å². The molecule has 0 aliphatic heterocycles. The minimum Gasteiger partial charge on any atom is -0.361 e. The van der Waals surface area contributed by atoms with Gasteiger partial charge in [-0.2, -0.15) is 15.6 Å². The number of rotatable bonds is 7. The average molecular weight is 564 g/mol. The number of carbonyl (C=O) groups is 1. The fraction of sp³-hybridized carbons (Fsp3) is 0.0303. The molecule has 10 heteroatoms. The number of aromatic amines is 2. The van der Waals surface area contributed by atoms with E-state index >= 15 is 0 Å². The van der Waals surface area contributed by atoms with Crippen LogP contribution in [0.5, 0.6) is 0 Å². The summed E-state index contributed by atoms with van der Waals surface area (Å²) in [4.78, 5) is 30.2. The van der Waals surface area contributed by atoms with Gasteiger partial charge in [-0.1, -0.05) is 24.3 Å². The molecule has 2 heterocycles. The van der Waals surface area contributed by atoms with Gasteiger partial charge in [-0.05, 0) is 71.3 Å². The van der Waals surface area contributed by atoms with Crippen LogP contribution in [0.2, 0.25) is 0 Å². The highest BCUT2D eigenvalue weighted by atomic mass is 16.6. The third kappa shape index (κ3) is 5.08. The molecule has 2 aromatic heterocycles. The Morgan fingerprint density at radius 3 is 2.00 bits per heavy atom. The number of nitrogens with one attached hydrogen (secondary N) is 3. The van der Waals surface area contributed by atoms with E-state index in [1.165, 1.54) is 18.3 Å². The zero-order valence-electron chi connectivity index (χ0n) is 22.4. The first-order valence-electron chi connectivity index (χ1n) is 13.2. The van der Waals surface area contributed by atoms with Crippen LogP contribution in [0.4, 0.5) is 5.69 Å². The van der Waals surface area contributed by atoms with Crippen molar-refractivity contribution in [3.8, 4) is 12.1 Å². The maximum absolute atomic E-state index is 12.9. The van der Waals surface area contributed by atoms with Gasteiger partial charge in [0, 0.05) is 51.7 Å². The molecule has 0 fully saturated rings. The zero-order valence-corrected chi connectivity index (χ0v) is 22.4. The monoisotopic (exact) mass is 563 g/mol. The highest BCUT2D eigenvalue weighted by Gasteiger charge is 2.24. The van der Waals surface area contributed by atoms with Crippen LogP contribution in [-0.2, 0) is 0 Å². The van der Waals surface area contributed by atoms with E-state index in [-0.39, 0.29) is 17.2 Å². The molecule has 0 saturated heterocycles. The Kier molecular flexibility index (Phi) is 6.93. The van der Waals surface area contributed by atoms with Crippen LogP contribution in [0.1, 0.15) is 49.7 Å². The standard InChI is InChI=1S/C33H21N7O3/c34-15-20-5-11-29-25(13-20)27(18-36-29)32(28-19-37-30-12-6-21(16-35)14-26(28)30)22-7-9-23(10-8-22)33(41)39-38-17-24-3-1-2-4-31(24)40(42)43/h1-14,17-19,32,36-37H,(H,39,41)/b38-17+. The fourth-order valence-corrected chi connectivity index (χ4v) is 5.24. The summed E-state index contributed by atoms with van der Waals surface area (Å²) >= 11 is 0. The average Bonchev–Trinajstić information content (AvgIpc) is 3.65. The summed E-state index contributed by atoms with van der Waals surface area (Å²) in [7, 11) is 0. The number of amides is 1. The second-order valence-electron chi connectivity index (χ2n) is 9.80. The van der Waals surface area contributed by atoms with Gasteiger partial charge in [0.2, 0.25) is 0 Å². The van der Waals surface area contributed by atoms with Gasteiger partial charge in [-0.25, -0.2) is 5.43 Å². The van der Waals surface area contributed by atoms with E-state index in [1.807, 2.05) is 48.8 Å². The van der Waals surface area contributed by atoms with E-state index in [4.69, 9.17) is 0 Å². The number of nitro groups is 1. The molecule has 0 bridgehead atoms. The van der Waals surface area contributed by atoms with Crippen LogP contribution in [0.25, 0.3) is 21.8 Å². The smallest absolute Gasteiger partial charge is 0.278 e. The van der Waals surface area contributed by atoms with Crippen LogP contribution in [-0.4, -0.2) is 27.0 Å². The van der Waals surface area contributed by atoms with Crippen LogP contribution in [0.15, 0.2) is 102 Å². The van der Waals surface area contributed by atoms with E-state index in [0.717, 1.165) is 38.5 Å². The molecule has 43 heavy (non-hydrogen) atoms. The fourth-order valence-electron chi connectivity index (χ4n) is 5.24. The number of hydrogen-bond acceptors (Lipinski definition) is 6. The van der Waals surface area contributed by atoms with Crippen molar-refractivity contribution in [3.63, 3.8) is 0 Å². The Bertz CT molecular complexity index is 2050. The Morgan fingerprint density at radius 1 is 0.860 bits per heavy atom. The number of nitrogens with zero attached hydrogens (tertiary/aromatic N) is 4. The molecule has 1 amide bonds. The normalized spacial score (nSPS) is 11.1. The molecule has 0 saturated carbocycles. The first-order valence-corrected chi connectivity index (χ1v) is 13.2. The van der Waals surface area contributed by atoms with Crippen molar-refractivity contribution in [2.24, 2.45) is 5.10 Å². The number of nitriles is 2. The van der Waals surface area contributed by atoms with Crippen molar-refractivity contribution in [3.05, 3.63) is 146 Å². The minimum atomic E-state index is -0.512. The third-order valence-electron chi connectivity index (χ3n) is 7.32. The van der Waals surface area contributed by atoms with Gasteiger partial charge < -0.3 is 9.97 Å². The molecular formula is C33H21N7O3. The molecule has 10 nitrogen and oxygen atoms in total. The Morgan fingerprint density at radius 2 is 1.44 bits per heavy atom. The van der Waals surface area contributed by atoms with Crippen molar-refractivity contribution in [1.29, 1.82) is 10.5 Å². The molecule has 6 aromatic rings. The number of nitro benzene ring substituents is 1. The van der Waals surface area contributed by atoms with Gasteiger partial charge in [0.15, 0.2) is 0 Å². The van der Waals surface area contributed by atoms with Crippen LogP contribution in [0.3, 0.4) is 0 Å². The second kappa shape index (κ2) is 11.2. The van der Waals surface area contributed by atoms with Crippen molar-refractivity contribution in [2.75, 3.05) is 0 Å². The van der Waals surface area contributed by atoms with E-state index in [0.29, 0.717) is 16.7 Å². The number of aromatic nitrogens is 2. The second-order valence-corrected chi connectivity index (χ2v) is 9.80. The number of H-pyrrole nitrogens is 2. The van der Waals surface area contributed by atoms with E-state index in [1.54, 1.807) is 36.4 Å².